The van der Waals surface area contributed by atoms with E-state index in [0.29, 0.717) is 22.5 Å². The highest BCUT2D eigenvalue weighted by molar-refractivity contribution is 9.10. The topological polar surface area (TPSA) is 56.5 Å². The molecule has 0 saturated heterocycles. The first kappa shape index (κ1) is 18.8. The molecule has 0 aliphatic carbocycles. The molecule has 0 spiro atoms. The van der Waals surface area contributed by atoms with E-state index in [1.54, 1.807) is 19.4 Å². The van der Waals surface area contributed by atoms with Crippen LogP contribution in [0.25, 0.3) is 10.9 Å². The van der Waals surface area contributed by atoms with Gasteiger partial charge in [-0.15, -0.1) is 0 Å². The molecule has 2 aromatic carbocycles. The number of methoxy groups -OCH3 is 1. The molecule has 0 bridgehead atoms. The largest absolute Gasteiger partial charge is 0.496 e. The van der Waals surface area contributed by atoms with E-state index in [1.807, 2.05) is 44.2 Å². The van der Waals surface area contributed by atoms with Crippen LogP contribution in [-0.2, 0) is 0 Å². The Kier molecular flexibility index (Phi) is 5.58. The number of halogens is 2. The van der Waals surface area contributed by atoms with Gasteiger partial charge >= 0.3 is 0 Å². The van der Waals surface area contributed by atoms with Gasteiger partial charge in [-0.3, -0.25) is 4.79 Å². The summed E-state index contributed by atoms with van der Waals surface area (Å²) in [5.41, 5.74) is 1.22. The number of hydrogen-bond donors (Lipinski definition) is 0. The number of hydrogen-bond acceptors (Lipinski definition) is 4. The fourth-order valence-corrected chi connectivity index (χ4v) is 3.32. The first-order valence-electron chi connectivity index (χ1n) is 8.01. The molecule has 0 unspecified atom stereocenters. The van der Waals surface area contributed by atoms with Crippen molar-refractivity contribution < 1.29 is 4.74 Å². The number of rotatable bonds is 4. The maximum atomic E-state index is 13.0. The van der Waals surface area contributed by atoms with Crippen molar-refractivity contribution in [3.63, 3.8) is 0 Å². The zero-order valence-electron chi connectivity index (χ0n) is 14.5. The van der Waals surface area contributed by atoms with E-state index < -0.39 is 0 Å². The van der Waals surface area contributed by atoms with Crippen molar-refractivity contribution in [2.24, 2.45) is 5.10 Å². The third-order valence-corrected chi connectivity index (χ3v) is 4.84. The second-order valence-electron chi connectivity index (χ2n) is 6.03. The van der Waals surface area contributed by atoms with Gasteiger partial charge in [0.25, 0.3) is 5.56 Å². The van der Waals surface area contributed by atoms with Gasteiger partial charge in [0.15, 0.2) is 0 Å². The Morgan fingerprint density at radius 3 is 2.54 bits per heavy atom. The molecular formula is C19H17Br2N3O2. The van der Waals surface area contributed by atoms with Crippen molar-refractivity contribution in [1.29, 1.82) is 0 Å². The lowest BCUT2D eigenvalue weighted by molar-refractivity contribution is 0.414. The first-order chi connectivity index (χ1) is 12.4. The second kappa shape index (κ2) is 7.72. The Morgan fingerprint density at radius 2 is 1.85 bits per heavy atom. The van der Waals surface area contributed by atoms with Crippen molar-refractivity contribution in [3.05, 3.63) is 67.1 Å². The molecule has 0 fully saturated rings. The average molecular weight is 479 g/mol. The molecule has 3 rings (SSSR count). The standard InChI is InChI=1S/C19H17Br2N3O2/c1-11(2)18-23-16-6-4-14(21)9-15(16)19(25)24(18)22-10-12-8-13(20)5-7-17(12)26-3/h4-11H,1-3H3. The smallest absolute Gasteiger partial charge is 0.282 e. The van der Waals surface area contributed by atoms with Crippen molar-refractivity contribution in [1.82, 2.24) is 9.66 Å². The number of aromatic nitrogens is 2. The van der Waals surface area contributed by atoms with Crippen LogP contribution in [-0.4, -0.2) is 23.0 Å². The van der Waals surface area contributed by atoms with E-state index >= 15 is 0 Å². The zero-order valence-corrected chi connectivity index (χ0v) is 17.7. The van der Waals surface area contributed by atoms with Gasteiger partial charge in [0.2, 0.25) is 0 Å². The fourth-order valence-electron chi connectivity index (χ4n) is 2.58. The Bertz CT molecular complexity index is 1060. The summed E-state index contributed by atoms with van der Waals surface area (Å²) in [6.45, 7) is 3.97. The van der Waals surface area contributed by atoms with Gasteiger partial charge in [-0.05, 0) is 36.4 Å². The Labute approximate surface area is 168 Å². The van der Waals surface area contributed by atoms with Crippen LogP contribution in [0.1, 0.15) is 31.2 Å². The molecule has 7 heteroatoms. The van der Waals surface area contributed by atoms with Gasteiger partial charge in [0.05, 0.1) is 24.2 Å². The van der Waals surface area contributed by atoms with Crippen molar-refractivity contribution in [2.45, 2.75) is 19.8 Å². The summed E-state index contributed by atoms with van der Waals surface area (Å²) < 4.78 is 8.45. The van der Waals surface area contributed by atoms with Crippen LogP contribution in [0.4, 0.5) is 0 Å². The second-order valence-corrected chi connectivity index (χ2v) is 7.87. The van der Waals surface area contributed by atoms with Crippen LogP contribution in [0.2, 0.25) is 0 Å². The maximum Gasteiger partial charge on any atom is 0.282 e. The molecule has 1 heterocycles. The van der Waals surface area contributed by atoms with E-state index in [-0.39, 0.29) is 11.5 Å². The Hall–Kier alpha value is -1.99. The summed E-state index contributed by atoms with van der Waals surface area (Å²) in [5, 5.41) is 4.94. The third kappa shape index (κ3) is 3.73. The van der Waals surface area contributed by atoms with Crippen LogP contribution >= 0.6 is 31.9 Å². The van der Waals surface area contributed by atoms with Crippen LogP contribution in [0.3, 0.4) is 0 Å². The van der Waals surface area contributed by atoms with Gasteiger partial charge in [-0.25, -0.2) is 4.98 Å². The van der Waals surface area contributed by atoms with Gasteiger partial charge in [-0.1, -0.05) is 45.7 Å². The van der Waals surface area contributed by atoms with Gasteiger partial charge in [0, 0.05) is 20.4 Å². The molecule has 0 amide bonds. The predicted octanol–water partition coefficient (Wildman–Crippen LogP) is 4.94. The van der Waals surface area contributed by atoms with Crippen LogP contribution in [0.5, 0.6) is 5.75 Å². The minimum Gasteiger partial charge on any atom is -0.496 e. The van der Waals surface area contributed by atoms with E-state index in [9.17, 15) is 4.79 Å². The molecule has 134 valence electrons. The van der Waals surface area contributed by atoms with Crippen LogP contribution in [0, 0.1) is 0 Å². The van der Waals surface area contributed by atoms with E-state index in [2.05, 4.69) is 41.9 Å². The molecule has 3 aromatic rings. The lowest BCUT2D eigenvalue weighted by Crippen LogP contribution is -2.23. The lowest BCUT2D eigenvalue weighted by atomic mass is 10.2. The summed E-state index contributed by atoms with van der Waals surface area (Å²) in [7, 11) is 1.60. The van der Waals surface area contributed by atoms with E-state index in [4.69, 9.17) is 4.74 Å². The van der Waals surface area contributed by atoms with Gasteiger partial charge in [0.1, 0.15) is 11.6 Å². The monoisotopic (exact) mass is 477 g/mol. The Balaban J connectivity index is 2.21. The van der Waals surface area contributed by atoms with Crippen LogP contribution in [0.15, 0.2) is 55.2 Å². The highest BCUT2D eigenvalue weighted by atomic mass is 79.9. The van der Waals surface area contributed by atoms with Gasteiger partial charge in [-0.2, -0.15) is 9.78 Å². The van der Waals surface area contributed by atoms with Crippen molar-refractivity contribution in [3.8, 4) is 5.75 Å². The number of ether oxygens (including phenoxy) is 1. The normalized spacial score (nSPS) is 11.6. The average Bonchev–Trinajstić information content (AvgIpc) is 2.61. The molecule has 0 saturated carbocycles. The summed E-state index contributed by atoms with van der Waals surface area (Å²) in [6.07, 6.45) is 1.61. The summed E-state index contributed by atoms with van der Waals surface area (Å²) in [6, 6.07) is 11.1. The maximum absolute atomic E-state index is 13.0. The molecule has 26 heavy (non-hydrogen) atoms. The molecule has 0 radical (unpaired) electrons. The first-order valence-corrected chi connectivity index (χ1v) is 9.59. The molecule has 5 nitrogen and oxygen atoms in total. The molecule has 0 aliphatic rings. The molecular weight excluding hydrogens is 462 g/mol. The van der Waals surface area contributed by atoms with Crippen molar-refractivity contribution >= 4 is 49.0 Å². The number of fused-ring (bicyclic) bond motifs is 1. The zero-order chi connectivity index (χ0) is 18.8. The highest BCUT2D eigenvalue weighted by Gasteiger charge is 2.14. The molecule has 0 N–H and O–H groups in total. The fraction of sp³-hybridized carbons (Fsp3) is 0.211. The summed E-state index contributed by atoms with van der Waals surface area (Å²) in [4.78, 5) is 17.6. The minimum atomic E-state index is -0.204. The van der Waals surface area contributed by atoms with Crippen LogP contribution < -0.4 is 10.3 Å². The summed E-state index contributed by atoms with van der Waals surface area (Å²) in [5.74, 6) is 1.32. The van der Waals surface area contributed by atoms with E-state index in [0.717, 1.165) is 14.5 Å². The predicted molar refractivity (Wildman–Crippen MR) is 111 cm³/mol. The molecule has 1 aromatic heterocycles. The highest BCUT2D eigenvalue weighted by Crippen LogP contribution is 2.22. The third-order valence-electron chi connectivity index (χ3n) is 3.85. The summed E-state index contributed by atoms with van der Waals surface area (Å²) >= 11 is 6.85. The quantitative estimate of drug-likeness (QED) is 0.499. The van der Waals surface area contributed by atoms with Gasteiger partial charge < -0.3 is 4.74 Å². The number of benzene rings is 2. The lowest BCUT2D eigenvalue weighted by Gasteiger charge is -2.12. The van der Waals surface area contributed by atoms with E-state index in [1.165, 1.54) is 4.68 Å². The van der Waals surface area contributed by atoms with Crippen molar-refractivity contribution in [2.75, 3.05) is 7.11 Å². The number of nitrogens with zero attached hydrogens (tertiary/aromatic N) is 3. The Morgan fingerprint density at radius 1 is 1.15 bits per heavy atom. The SMILES string of the molecule is COc1ccc(Br)cc1C=Nn1c(C(C)C)nc2ccc(Br)cc2c1=O. The molecule has 0 aliphatic heterocycles. The minimum absolute atomic E-state index is 0.0392. The molecule has 0 atom stereocenters.